The number of para-hydroxylation sites is 2. The highest BCUT2D eigenvalue weighted by molar-refractivity contribution is 5.88. The van der Waals surface area contributed by atoms with Crippen LogP contribution in [0.25, 0.3) is 11.1 Å². The molecule has 0 saturated heterocycles. The number of rotatable bonds is 10. The van der Waals surface area contributed by atoms with Gasteiger partial charge in [-0.05, 0) is 49.6 Å². The number of ether oxygens (including phenoxy) is 1. The second-order valence-corrected chi connectivity index (χ2v) is 6.34. The molecule has 0 aliphatic heterocycles. The standard InChI is InChI=1S/C21H24N2O4/c1-2-12-23(21-22-18-10-3-4-11-19(18)27-21)13-5-6-14-26-17-9-7-8-16(15-17)20(24)25/h3-4,7-11,15H,2,5-6,12-14H2,1H3,(H,24,25). The Bertz CT molecular complexity index is 858. The highest BCUT2D eigenvalue weighted by atomic mass is 16.5. The molecule has 0 aliphatic rings. The Morgan fingerprint density at radius 3 is 2.78 bits per heavy atom. The maximum atomic E-state index is 11.0. The van der Waals surface area contributed by atoms with Gasteiger partial charge < -0.3 is 19.2 Å². The molecule has 1 N–H and O–H groups in total. The van der Waals surface area contributed by atoms with Gasteiger partial charge in [-0.15, -0.1) is 0 Å². The molecule has 0 fully saturated rings. The molecule has 3 rings (SSSR count). The third-order valence-electron chi connectivity index (χ3n) is 4.22. The van der Waals surface area contributed by atoms with Gasteiger partial charge in [0.1, 0.15) is 11.3 Å². The molecule has 6 nitrogen and oxygen atoms in total. The molecule has 0 saturated carbocycles. The van der Waals surface area contributed by atoms with E-state index < -0.39 is 5.97 Å². The third-order valence-corrected chi connectivity index (χ3v) is 4.22. The van der Waals surface area contributed by atoms with Crippen LogP contribution in [0.3, 0.4) is 0 Å². The Balaban J connectivity index is 1.50. The lowest BCUT2D eigenvalue weighted by atomic mass is 10.2. The van der Waals surface area contributed by atoms with Crippen molar-refractivity contribution in [3.05, 3.63) is 54.1 Å². The Morgan fingerprint density at radius 1 is 1.15 bits per heavy atom. The summed E-state index contributed by atoms with van der Waals surface area (Å²) in [5.74, 6) is -0.367. The number of nitrogens with zero attached hydrogens (tertiary/aromatic N) is 2. The topological polar surface area (TPSA) is 75.8 Å². The highest BCUT2D eigenvalue weighted by Crippen LogP contribution is 2.22. The molecule has 1 heterocycles. The molecular weight excluding hydrogens is 344 g/mol. The van der Waals surface area contributed by atoms with E-state index in [1.165, 1.54) is 0 Å². The van der Waals surface area contributed by atoms with Gasteiger partial charge >= 0.3 is 5.97 Å². The molecule has 0 atom stereocenters. The minimum Gasteiger partial charge on any atom is -0.494 e. The quantitative estimate of drug-likeness (QED) is 0.527. The summed E-state index contributed by atoms with van der Waals surface area (Å²) >= 11 is 0. The van der Waals surface area contributed by atoms with Crippen LogP contribution in [0.2, 0.25) is 0 Å². The number of aromatic nitrogens is 1. The number of hydrogen-bond acceptors (Lipinski definition) is 5. The van der Waals surface area contributed by atoms with E-state index in [2.05, 4.69) is 16.8 Å². The third kappa shape index (κ3) is 5.00. The van der Waals surface area contributed by atoms with Gasteiger partial charge in [0.15, 0.2) is 5.58 Å². The first-order chi connectivity index (χ1) is 13.2. The first-order valence-electron chi connectivity index (χ1n) is 9.24. The fraction of sp³-hybridized carbons (Fsp3) is 0.333. The monoisotopic (exact) mass is 368 g/mol. The average molecular weight is 368 g/mol. The molecule has 0 bridgehead atoms. The molecule has 0 radical (unpaired) electrons. The zero-order valence-corrected chi connectivity index (χ0v) is 15.4. The maximum Gasteiger partial charge on any atom is 0.335 e. The summed E-state index contributed by atoms with van der Waals surface area (Å²) in [6.07, 6.45) is 2.80. The number of carboxylic acids is 1. The average Bonchev–Trinajstić information content (AvgIpc) is 3.11. The van der Waals surface area contributed by atoms with E-state index in [0.29, 0.717) is 18.4 Å². The van der Waals surface area contributed by atoms with Crippen LogP contribution in [0.5, 0.6) is 5.75 Å². The molecule has 27 heavy (non-hydrogen) atoms. The molecule has 2 aromatic carbocycles. The minimum atomic E-state index is -0.950. The van der Waals surface area contributed by atoms with Crippen LogP contribution in [0.4, 0.5) is 6.01 Å². The molecule has 0 amide bonds. The fourth-order valence-corrected chi connectivity index (χ4v) is 2.88. The zero-order valence-electron chi connectivity index (χ0n) is 15.4. The van der Waals surface area contributed by atoms with Gasteiger partial charge in [0.05, 0.1) is 12.2 Å². The van der Waals surface area contributed by atoms with Crippen molar-refractivity contribution in [3.8, 4) is 5.75 Å². The second kappa shape index (κ2) is 9.07. The van der Waals surface area contributed by atoms with E-state index >= 15 is 0 Å². The predicted molar refractivity (Wildman–Crippen MR) is 105 cm³/mol. The molecule has 0 spiro atoms. The molecule has 6 heteroatoms. The van der Waals surface area contributed by atoms with E-state index in [0.717, 1.165) is 43.5 Å². The van der Waals surface area contributed by atoms with Crippen LogP contribution >= 0.6 is 0 Å². The second-order valence-electron chi connectivity index (χ2n) is 6.34. The number of carboxylic acid groups (broad SMARTS) is 1. The highest BCUT2D eigenvalue weighted by Gasteiger charge is 2.13. The van der Waals surface area contributed by atoms with E-state index in [9.17, 15) is 4.79 Å². The van der Waals surface area contributed by atoms with Gasteiger partial charge in [-0.2, -0.15) is 4.98 Å². The maximum absolute atomic E-state index is 11.0. The number of oxazole rings is 1. The summed E-state index contributed by atoms with van der Waals surface area (Å²) in [5, 5.41) is 9.02. The van der Waals surface area contributed by atoms with Crippen LogP contribution in [0, 0.1) is 0 Å². The van der Waals surface area contributed by atoms with Gasteiger partial charge in [-0.3, -0.25) is 0 Å². The number of benzene rings is 2. The van der Waals surface area contributed by atoms with E-state index in [1.807, 2.05) is 24.3 Å². The Hall–Kier alpha value is -3.02. The summed E-state index contributed by atoms with van der Waals surface area (Å²) < 4.78 is 11.5. The van der Waals surface area contributed by atoms with Gasteiger partial charge in [-0.25, -0.2) is 4.79 Å². The minimum absolute atomic E-state index is 0.234. The number of fused-ring (bicyclic) bond motifs is 1. The van der Waals surface area contributed by atoms with Crippen molar-refractivity contribution in [1.29, 1.82) is 0 Å². The summed E-state index contributed by atoms with van der Waals surface area (Å²) in [6.45, 7) is 4.39. The lowest BCUT2D eigenvalue weighted by Crippen LogP contribution is -2.25. The van der Waals surface area contributed by atoms with Crippen LogP contribution in [0.15, 0.2) is 52.9 Å². The first kappa shape index (κ1) is 18.8. The van der Waals surface area contributed by atoms with Crippen molar-refractivity contribution >= 4 is 23.1 Å². The van der Waals surface area contributed by atoms with E-state index in [4.69, 9.17) is 14.3 Å². The predicted octanol–water partition coefficient (Wildman–Crippen LogP) is 4.60. The Labute approximate surface area is 158 Å². The summed E-state index contributed by atoms with van der Waals surface area (Å²) in [6, 6.07) is 15.0. The number of aromatic carboxylic acids is 1. The van der Waals surface area contributed by atoms with Gasteiger partial charge in [-0.1, -0.05) is 25.1 Å². The Kier molecular flexibility index (Phi) is 6.30. The van der Waals surface area contributed by atoms with Crippen molar-refractivity contribution in [2.24, 2.45) is 0 Å². The van der Waals surface area contributed by atoms with Crippen LogP contribution in [0.1, 0.15) is 36.5 Å². The van der Waals surface area contributed by atoms with Crippen molar-refractivity contribution in [2.75, 3.05) is 24.6 Å². The smallest absolute Gasteiger partial charge is 0.335 e. The largest absolute Gasteiger partial charge is 0.494 e. The van der Waals surface area contributed by atoms with Crippen molar-refractivity contribution < 1.29 is 19.1 Å². The van der Waals surface area contributed by atoms with Crippen LogP contribution in [-0.4, -0.2) is 35.8 Å². The van der Waals surface area contributed by atoms with Gasteiger partial charge in [0, 0.05) is 13.1 Å². The lowest BCUT2D eigenvalue weighted by Gasteiger charge is -2.19. The van der Waals surface area contributed by atoms with Gasteiger partial charge in [0.2, 0.25) is 0 Å². The van der Waals surface area contributed by atoms with Crippen LogP contribution in [-0.2, 0) is 0 Å². The van der Waals surface area contributed by atoms with Crippen LogP contribution < -0.4 is 9.64 Å². The van der Waals surface area contributed by atoms with E-state index in [-0.39, 0.29) is 5.56 Å². The number of unbranched alkanes of at least 4 members (excludes halogenated alkanes) is 1. The summed E-state index contributed by atoms with van der Waals surface area (Å²) in [4.78, 5) is 17.7. The van der Waals surface area contributed by atoms with Crippen molar-refractivity contribution in [2.45, 2.75) is 26.2 Å². The molecule has 0 aliphatic carbocycles. The van der Waals surface area contributed by atoms with Gasteiger partial charge in [0.25, 0.3) is 6.01 Å². The number of carbonyl (C=O) groups is 1. The molecule has 0 unspecified atom stereocenters. The normalized spacial score (nSPS) is 10.9. The summed E-state index contributed by atoms with van der Waals surface area (Å²) in [5.41, 5.74) is 1.91. The van der Waals surface area contributed by atoms with Crippen molar-refractivity contribution in [1.82, 2.24) is 4.98 Å². The molecule has 142 valence electrons. The first-order valence-corrected chi connectivity index (χ1v) is 9.24. The molecular formula is C21H24N2O4. The SMILES string of the molecule is CCCN(CCCCOc1cccc(C(=O)O)c1)c1nc2ccccc2o1. The zero-order chi connectivity index (χ0) is 19.1. The molecule has 3 aromatic rings. The number of hydrogen-bond donors (Lipinski definition) is 1. The molecule has 1 aromatic heterocycles. The summed E-state index contributed by atoms with van der Waals surface area (Å²) in [7, 11) is 0. The van der Waals surface area contributed by atoms with Crippen molar-refractivity contribution in [3.63, 3.8) is 0 Å². The fourth-order valence-electron chi connectivity index (χ4n) is 2.88. The Morgan fingerprint density at radius 2 is 2.00 bits per heavy atom. The van der Waals surface area contributed by atoms with E-state index in [1.54, 1.807) is 24.3 Å². The lowest BCUT2D eigenvalue weighted by molar-refractivity contribution is 0.0696. The number of anilines is 1.